The van der Waals surface area contributed by atoms with E-state index in [1.165, 1.54) is 51.4 Å². The van der Waals surface area contributed by atoms with E-state index in [2.05, 4.69) is 18.2 Å². The third-order valence-electron chi connectivity index (χ3n) is 4.55. The Kier molecular flexibility index (Phi) is 11.9. The molecule has 2 rings (SSSR count). The number of ether oxygens (including phenoxy) is 1. The number of rotatable bonds is 10. The van der Waals surface area contributed by atoms with E-state index in [0.717, 1.165) is 0 Å². The highest BCUT2D eigenvalue weighted by Crippen LogP contribution is 2.37. The second-order valence-electron chi connectivity index (χ2n) is 7.10. The molecular weight excluding hydrogens is 482 g/mol. The maximum atomic E-state index is 13.3. The van der Waals surface area contributed by atoms with Crippen LogP contribution in [0, 0.1) is 58.2 Å². The molecule has 0 spiro atoms. The van der Waals surface area contributed by atoms with Crippen LogP contribution in [0.3, 0.4) is 0 Å². The largest absolute Gasteiger partial charge is 0.444 e. The highest BCUT2D eigenvalue weighted by atomic mass is 19.2. The Morgan fingerprint density at radius 1 is 0.500 bits per heavy atom. The normalized spacial score (nSPS) is 10.7. The lowest BCUT2D eigenvalue weighted by Gasteiger charge is -2.12. The van der Waals surface area contributed by atoms with Gasteiger partial charge in [0, 0.05) is 0 Å². The maximum Gasteiger partial charge on any atom is 0.207 e. The monoisotopic (exact) mass is 504 g/mol. The molecule has 2 aromatic carbocycles. The zero-order valence-corrected chi connectivity index (χ0v) is 18.1. The summed E-state index contributed by atoms with van der Waals surface area (Å²) in [5.41, 5.74) is 0. The average Bonchev–Trinajstić information content (AvgIpc) is 2.83. The number of allylic oxidation sites excluding steroid dienone is 1. The summed E-state index contributed by atoms with van der Waals surface area (Å²) in [5.74, 6) is -30.5. The zero-order valence-electron chi connectivity index (χ0n) is 18.1. The van der Waals surface area contributed by atoms with Gasteiger partial charge in [-0.3, -0.25) is 0 Å². The van der Waals surface area contributed by atoms with Crippen molar-refractivity contribution in [3.05, 3.63) is 70.8 Å². The molecule has 0 unspecified atom stereocenters. The topological polar surface area (TPSA) is 9.23 Å². The van der Waals surface area contributed by atoms with Gasteiger partial charge in [-0.05, 0) is 12.8 Å². The number of halogens is 10. The molecule has 0 aromatic heterocycles. The Labute approximate surface area is 190 Å². The second kappa shape index (κ2) is 13.9. The number of hydrogen-bond donors (Lipinski definition) is 0. The molecule has 0 aliphatic rings. The van der Waals surface area contributed by atoms with Gasteiger partial charge in [0.05, 0.1) is 0 Å². The fourth-order valence-corrected chi connectivity index (χ4v) is 2.70. The van der Waals surface area contributed by atoms with Gasteiger partial charge >= 0.3 is 0 Å². The van der Waals surface area contributed by atoms with E-state index in [1.807, 2.05) is 6.08 Å². The van der Waals surface area contributed by atoms with Crippen LogP contribution in [0.15, 0.2) is 12.7 Å². The molecule has 0 amide bonds. The number of unbranched alkanes of at least 4 members (excludes halogenated alkanes) is 7. The zero-order chi connectivity index (χ0) is 26.0. The molecule has 0 aliphatic carbocycles. The van der Waals surface area contributed by atoms with E-state index in [9.17, 15) is 43.9 Å². The summed E-state index contributed by atoms with van der Waals surface area (Å²) in [7, 11) is 0. The van der Waals surface area contributed by atoms with Crippen LogP contribution in [-0.2, 0) is 0 Å². The van der Waals surface area contributed by atoms with Gasteiger partial charge in [-0.15, -0.1) is 6.58 Å². The van der Waals surface area contributed by atoms with Gasteiger partial charge in [-0.25, -0.2) is 26.3 Å². The van der Waals surface area contributed by atoms with Crippen molar-refractivity contribution in [2.24, 2.45) is 0 Å². The number of benzene rings is 2. The predicted octanol–water partition coefficient (Wildman–Crippen LogP) is 9.18. The second-order valence-corrected chi connectivity index (χ2v) is 7.10. The van der Waals surface area contributed by atoms with Gasteiger partial charge in [-0.1, -0.05) is 51.5 Å². The van der Waals surface area contributed by atoms with E-state index in [0.29, 0.717) is 0 Å². The fourth-order valence-electron chi connectivity index (χ4n) is 2.70. The van der Waals surface area contributed by atoms with Gasteiger partial charge in [0.2, 0.25) is 69.7 Å². The summed E-state index contributed by atoms with van der Waals surface area (Å²) >= 11 is 0. The van der Waals surface area contributed by atoms with Crippen LogP contribution in [0.1, 0.15) is 58.3 Å². The fraction of sp³-hybridized carbons (Fsp3) is 0.391. The van der Waals surface area contributed by atoms with Crippen molar-refractivity contribution in [1.82, 2.24) is 0 Å². The van der Waals surface area contributed by atoms with Crippen molar-refractivity contribution < 1.29 is 48.6 Å². The van der Waals surface area contributed by atoms with Crippen molar-refractivity contribution >= 4 is 0 Å². The SMILES string of the molecule is C=CCCCCCCCCC.Fc1c(F)c(F)c(Oc2c(F)c(F)c(F)c(F)c2F)c(F)c1F. The first kappa shape index (κ1) is 29.3. The molecule has 0 saturated carbocycles. The Balaban J connectivity index is 0.000000445. The van der Waals surface area contributed by atoms with Crippen LogP contribution in [0.2, 0.25) is 0 Å². The smallest absolute Gasteiger partial charge is 0.207 e. The molecule has 1 nitrogen and oxygen atoms in total. The van der Waals surface area contributed by atoms with Gasteiger partial charge in [-0.2, -0.15) is 17.6 Å². The third-order valence-corrected chi connectivity index (χ3v) is 4.55. The predicted molar refractivity (Wildman–Crippen MR) is 105 cm³/mol. The molecule has 0 N–H and O–H groups in total. The molecule has 190 valence electrons. The molecular formula is C23H22F10O. The quantitative estimate of drug-likeness (QED) is 0.103. The molecule has 11 heteroatoms. The molecule has 0 fully saturated rings. The van der Waals surface area contributed by atoms with Crippen LogP contribution < -0.4 is 4.74 Å². The van der Waals surface area contributed by atoms with Gasteiger partial charge in [0.15, 0.2) is 0 Å². The van der Waals surface area contributed by atoms with Gasteiger partial charge < -0.3 is 4.74 Å². The lowest BCUT2D eigenvalue weighted by atomic mass is 10.1. The van der Waals surface area contributed by atoms with Crippen molar-refractivity contribution in [1.29, 1.82) is 0 Å². The van der Waals surface area contributed by atoms with Crippen LogP contribution in [-0.4, -0.2) is 0 Å². The Hall–Kier alpha value is -2.72. The summed E-state index contributed by atoms with van der Waals surface area (Å²) in [6, 6.07) is 0. The summed E-state index contributed by atoms with van der Waals surface area (Å²) in [6.07, 6.45) is 13.0. The Morgan fingerprint density at radius 2 is 0.794 bits per heavy atom. The highest BCUT2D eigenvalue weighted by Gasteiger charge is 2.32. The van der Waals surface area contributed by atoms with Crippen LogP contribution in [0.4, 0.5) is 43.9 Å². The van der Waals surface area contributed by atoms with Gasteiger partial charge in [0.1, 0.15) is 0 Å². The summed E-state index contributed by atoms with van der Waals surface area (Å²) in [4.78, 5) is 0. The molecule has 0 heterocycles. The molecule has 2 aromatic rings. The molecule has 0 bridgehead atoms. The molecule has 0 radical (unpaired) electrons. The first-order chi connectivity index (χ1) is 16.0. The van der Waals surface area contributed by atoms with E-state index in [1.54, 1.807) is 0 Å². The van der Waals surface area contributed by atoms with Crippen molar-refractivity contribution in [3.8, 4) is 11.5 Å². The summed E-state index contributed by atoms with van der Waals surface area (Å²) in [5, 5.41) is 0. The van der Waals surface area contributed by atoms with Crippen molar-refractivity contribution in [3.63, 3.8) is 0 Å². The minimum Gasteiger partial charge on any atom is -0.444 e. The standard InChI is InChI=1S/C12F10O.C11H22/c13-1-3(15)7(19)11(8(20)4(1)16)23-12-9(21)5(17)2(14)6(18)10(12)22;1-3-5-7-9-11-10-8-6-4-2/h;3H,1,4-11H2,2H3. The van der Waals surface area contributed by atoms with E-state index in [-0.39, 0.29) is 0 Å². The molecule has 0 aliphatic heterocycles. The van der Waals surface area contributed by atoms with Crippen molar-refractivity contribution in [2.45, 2.75) is 58.3 Å². The first-order valence-corrected chi connectivity index (χ1v) is 10.3. The minimum atomic E-state index is -2.62. The summed E-state index contributed by atoms with van der Waals surface area (Å²) < 4.78 is 134. The highest BCUT2D eigenvalue weighted by molar-refractivity contribution is 5.37. The average molecular weight is 504 g/mol. The Morgan fingerprint density at radius 3 is 1.12 bits per heavy atom. The van der Waals surface area contributed by atoms with Crippen LogP contribution in [0.25, 0.3) is 0 Å². The van der Waals surface area contributed by atoms with Crippen molar-refractivity contribution in [2.75, 3.05) is 0 Å². The van der Waals surface area contributed by atoms with E-state index >= 15 is 0 Å². The number of hydrogen-bond acceptors (Lipinski definition) is 1. The first-order valence-electron chi connectivity index (χ1n) is 10.3. The Bertz CT molecular complexity index is 865. The minimum absolute atomic E-state index is 1.20. The van der Waals surface area contributed by atoms with Gasteiger partial charge in [0.25, 0.3) is 0 Å². The third kappa shape index (κ3) is 7.14. The van der Waals surface area contributed by atoms with Crippen LogP contribution >= 0.6 is 0 Å². The molecule has 34 heavy (non-hydrogen) atoms. The summed E-state index contributed by atoms with van der Waals surface area (Å²) in [6.45, 7) is 5.97. The lowest BCUT2D eigenvalue weighted by Crippen LogP contribution is -2.08. The lowest BCUT2D eigenvalue weighted by molar-refractivity contribution is 0.298. The molecule has 0 atom stereocenters. The van der Waals surface area contributed by atoms with Crippen LogP contribution in [0.5, 0.6) is 11.5 Å². The molecule has 0 saturated heterocycles. The van der Waals surface area contributed by atoms with E-state index in [4.69, 9.17) is 0 Å². The van der Waals surface area contributed by atoms with E-state index < -0.39 is 69.7 Å². The maximum absolute atomic E-state index is 13.3.